The molecule has 10 nitrogen and oxygen atoms in total. The van der Waals surface area contributed by atoms with Gasteiger partial charge in [0, 0.05) is 69.1 Å². The molecule has 204 valence electrons. The molecule has 5 rings (SSSR count). The molecule has 3 heterocycles. The van der Waals surface area contributed by atoms with Crippen LogP contribution in [0, 0.1) is 0 Å². The van der Waals surface area contributed by atoms with E-state index < -0.39 is 10.0 Å². The number of nitrogens with one attached hydrogen (secondary N) is 1. The number of aryl methyl sites for hydroxylation is 1. The Labute approximate surface area is 224 Å². The highest BCUT2D eigenvalue weighted by atomic mass is 32.2. The predicted molar refractivity (Wildman–Crippen MR) is 144 cm³/mol. The topological polar surface area (TPSA) is 104 Å². The van der Waals surface area contributed by atoms with E-state index in [0.29, 0.717) is 49.9 Å². The van der Waals surface area contributed by atoms with Crippen LogP contribution < -0.4 is 5.32 Å². The number of anilines is 1. The zero-order valence-electron chi connectivity index (χ0n) is 21.7. The van der Waals surface area contributed by atoms with Crippen LogP contribution in [0.2, 0.25) is 0 Å². The van der Waals surface area contributed by atoms with Crippen molar-refractivity contribution < 1.29 is 13.2 Å². The maximum atomic E-state index is 13.5. The number of hydrogen-bond donors (Lipinski definition) is 1. The van der Waals surface area contributed by atoms with Crippen molar-refractivity contribution in [3.05, 3.63) is 23.6 Å². The molecule has 3 aliphatic rings. The Morgan fingerprint density at radius 2 is 1.62 bits per heavy atom. The summed E-state index contributed by atoms with van der Waals surface area (Å²) in [7, 11) is -1.80. The molecule has 0 aromatic carbocycles. The molecule has 2 amide bonds. The lowest BCUT2D eigenvalue weighted by molar-refractivity contribution is 0.114. The highest BCUT2D eigenvalue weighted by Crippen LogP contribution is 2.31. The molecule has 3 fully saturated rings. The molecule has 1 saturated heterocycles. The van der Waals surface area contributed by atoms with Gasteiger partial charge in [-0.1, -0.05) is 38.5 Å². The van der Waals surface area contributed by atoms with Crippen LogP contribution in [-0.2, 0) is 23.6 Å². The standard InChI is InChI=1S/C25H39N7O3S2/c1-29-18-23(27-19-29)37(34,35)31-14-12-30(13-15-31)17-22-16-26-24(36-22)28-25(33)32(20-8-4-2-5-9-20)21-10-6-3-7-11-21/h16,18-21H,2-15,17H2,1H3,(H,26,28,33). The number of imidazole rings is 1. The second-order valence-electron chi connectivity index (χ2n) is 10.6. The lowest BCUT2D eigenvalue weighted by Gasteiger charge is -2.41. The Balaban J connectivity index is 1.16. The van der Waals surface area contributed by atoms with Gasteiger partial charge in [-0.3, -0.25) is 10.2 Å². The SMILES string of the molecule is Cn1cnc(S(=O)(=O)N2CCN(Cc3cnc(NC(=O)N(C4CCCCC4)C4CCCCC4)s3)CC2)c1. The molecule has 12 heteroatoms. The molecule has 0 spiro atoms. The van der Waals surface area contributed by atoms with Crippen molar-refractivity contribution in [1.82, 2.24) is 28.6 Å². The predicted octanol–water partition coefficient (Wildman–Crippen LogP) is 3.88. The second kappa shape index (κ2) is 11.8. The summed E-state index contributed by atoms with van der Waals surface area (Å²) in [5.74, 6) is 0. The zero-order valence-corrected chi connectivity index (χ0v) is 23.4. The Morgan fingerprint density at radius 3 is 2.19 bits per heavy atom. The number of aromatic nitrogens is 3. The fourth-order valence-corrected chi connectivity index (χ4v) is 8.18. The van der Waals surface area contributed by atoms with E-state index in [0.717, 1.165) is 30.6 Å². The molecule has 1 N–H and O–H groups in total. The van der Waals surface area contributed by atoms with Crippen molar-refractivity contribution in [2.24, 2.45) is 7.05 Å². The van der Waals surface area contributed by atoms with Gasteiger partial charge in [0.15, 0.2) is 10.2 Å². The first-order valence-electron chi connectivity index (χ1n) is 13.6. The smallest absolute Gasteiger partial charge is 0.324 e. The molecule has 1 aliphatic heterocycles. The van der Waals surface area contributed by atoms with Gasteiger partial charge in [-0.15, -0.1) is 11.3 Å². The van der Waals surface area contributed by atoms with E-state index in [1.165, 1.54) is 60.5 Å². The Bertz CT molecular complexity index is 1130. The zero-order chi connectivity index (χ0) is 25.8. The maximum Gasteiger partial charge on any atom is 0.324 e. The first kappa shape index (κ1) is 26.6. The number of rotatable bonds is 7. The number of piperazine rings is 1. The highest BCUT2D eigenvalue weighted by Gasteiger charge is 2.33. The number of carbonyl (C=O) groups is 1. The third kappa shape index (κ3) is 6.35. The summed E-state index contributed by atoms with van der Waals surface area (Å²) in [6.45, 7) is 2.84. The number of thiazole rings is 1. The molecule has 0 atom stereocenters. The van der Waals surface area contributed by atoms with E-state index in [1.807, 2.05) is 6.20 Å². The molecule has 0 radical (unpaired) electrons. The summed E-state index contributed by atoms with van der Waals surface area (Å²) < 4.78 is 28.8. The maximum absolute atomic E-state index is 13.5. The first-order chi connectivity index (χ1) is 17.9. The summed E-state index contributed by atoms with van der Waals surface area (Å²) in [6, 6.07) is 0.693. The van der Waals surface area contributed by atoms with E-state index in [1.54, 1.807) is 17.8 Å². The van der Waals surface area contributed by atoms with E-state index in [4.69, 9.17) is 0 Å². The average Bonchev–Trinajstić information content (AvgIpc) is 3.55. The van der Waals surface area contributed by atoms with Crippen LogP contribution in [0.4, 0.5) is 9.93 Å². The lowest BCUT2D eigenvalue weighted by Crippen LogP contribution is -2.50. The number of urea groups is 1. The molecule has 2 aliphatic carbocycles. The summed E-state index contributed by atoms with van der Waals surface area (Å²) >= 11 is 1.52. The fraction of sp³-hybridized carbons (Fsp3) is 0.720. The van der Waals surface area contributed by atoms with Gasteiger partial charge in [-0.25, -0.2) is 23.2 Å². The van der Waals surface area contributed by atoms with Crippen molar-refractivity contribution in [2.75, 3.05) is 31.5 Å². The van der Waals surface area contributed by atoms with E-state index in [2.05, 4.69) is 25.1 Å². The van der Waals surface area contributed by atoms with Crippen LogP contribution >= 0.6 is 11.3 Å². The Morgan fingerprint density at radius 1 is 1.00 bits per heavy atom. The van der Waals surface area contributed by atoms with Gasteiger partial charge >= 0.3 is 6.03 Å². The summed E-state index contributed by atoms with van der Waals surface area (Å²) in [5.41, 5.74) is 0. The fourth-order valence-electron chi connectivity index (χ4n) is 5.95. The molecule has 2 aromatic rings. The Hall–Kier alpha value is -2.02. The molecule has 0 bridgehead atoms. The summed E-state index contributed by atoms with van der Waals surface area (Å²) in [4.78, 5) is 27.5. The largest absolute Gasteiger partial charge is 0.339 e. The minimum Gasteiger partial charge on any atom is -0.339 e. The normalized spacial score (nSPS) is 21.2. The second-order valence-corrected chi connectivity index (χ2v) is 13.6. The summed E-state index contributed by atoms with van der Waals surface area (Å²) in [6.07, 6.45) is 16.7. The quantitative estimate of drug-likeness (QED) is 0.562. The van der Waals surface area contributed by atoms with Crippen LogP contribution in [0.15, 0.2) is 23.7 Å². The van der Waals surface area contributed by atoms with Gasteiger partial charge in [-0.05, 0) is 25.7 Å². The number of nitrogens with zero attached hydrogens (tertiary/aromatic N) is 6. The minimum absolute atomic E-state index is 0.00745. The van der Waals surface area contributed by atoms with Gasteiger partial charge in [-0.2, -0.15) is 4.31 Å². The molecule has 2 saturated carbocycles. The van der Waals surface area contributed by atoms with Crippen molar-refractivity contribution in [1.29, 1.82) is 0 Å². The van der Waals surface area contributed by atoms with Crippen LogP contribution in [0.5, 0.6) is 0 Å². The van der Waals surface area contributed by atoms with Crippen molar-refractivity contribution in [2.45, 2.75) is 87.9 Å². The van der Waals surface area contributed by atoms with Crippen LogP contribution in [0.25, 0.3) is 0 Å². The number of carbonyl (C=O) groups excluding carboxylic acids is 1. The van der Waals surface area contributed by atoms with E-state index >= 15 is 0 Å². The van der Waals surface area contributed by atoms with Crippen LogP contribution in [0.1, 0.15) is 69.1 Å². The molecular weight excluding hydrogens is 510 g/mol. The highest BCUT2D eigenvalue weighted by molar-refractivity contribution is 7.89. The van der Waals surface area contributed by atoms with E-state index in [9.17, 15) is 13.2 Å². The average molecular weight is 550 g/mol. The number of hydrogen-bond acceptors (Lipinski definition) is 7. The van der Waals surface area contributed by atoms with Crippen molar-refractivity contribution >= 4 is 32.5 Å². The van der Waals surface area contributed by atoms with Crippen molar-refractivity contribution in [3.63, 3.8) is 0 Å². The monoisotopic (exact) mass is 549 g/mol. The van der Waals surface area contributed by atoms with Gasteiger partial charge in [0.25, 0.3) is 10.0 Å². The van der Waals surface area contributed by atoms with Gasteiger partial charge in [0.2, 0.25) is 0 Å². The molecular formula is C25H39N7O3S2. The summed E-state index contributed by atoms with van der Waals surface area (Å²) in [5, 5.41) is 3.87. The van der Waals surface area contributed by atoms with Crippen LogP contribution in [-0.4, -0.2) is 81.4 Å². The number of sulfonamides is 1. The van der Waals surface area contributed by atoms with Gasteiger partial charge in [0.05, 0.1) is 6.33 Å². The van der Waals surface area contributed by atoms with Gasteiger partial charge in [0.1, 0.15) is 0 Å². The molecule has 37 heavy (non-hydrogen) atoms. The van der Waals surface area contributed by atoms with Gasteiger partial charge < -0.3 is 9.47 Å². The number of amides is 2. The van der Waals surface area contributed by atoms with Crippen molar-refractivity contribution in [3.8, 4) is 0 Å². The Kier molecular flexibility index (Phi) is 8.47. The van der Waals surface area contributed by atoms with E-state index in [-0.39, 0.29) is 11.1 Å². The third-order valence-electron chi connectivity index (χ3n) is 7.93. The third-order valence-corrected chi connectivity index (χ3v) is 10.6. The molecule has 0 unspecified atom stereocenters. The first-order valence-corrected chi connectivity index (χ1v) is 15.9. The van der Waals surface area contributed by atoms with Crippen LogP contribution in [0.3, 0.4) is 0 Å². The molecule has 2 aromatic heterocycles. The lowest BCUT2D eigenvalue weighted by atomic mass is 9.89. The minimum atomic E-state index is -3.56.